The van der Waals surface area contributed by atoms with E-state index in [1.165, 1.54) is 26.4 Å². The number of carbonyl (C=O) groups excluding carboxylic acids is 3. The van der Waals surface area contributed by atoms with Crippen molar-refractivity contribution in [3.8, 4) is 11.5 Å². The number of rotatable bonds is 2. The van der Waals surface area contributed by atoms with Gasteiger partial charge in [0.2, 0.25) is 0 Å². The fourth-order valence-electron chi connectivity index (χ4n) is 2.32. The van der Waals surface area contributed by atoms with Gasteiger partial charge in [-0.15, -0.1) is 0 Å². The summed E-state index contributed by atoms with van der Waals surface area (Å²) in [5.74, 6) is -0.858. The molecular weight excluding hydrogens is 268 g/mol. The molecule has 3 amide bonds. The van der Waals surface area contributed by atoms with Crippen LogP contribution in [-0.2, 0) is 19.9 Å². The van der Waals surface area contributed by atoms with Crippen LogP contribution in [0.2, 0.25) is 0 Å². The highest BCUT2D eigenvalue weighted by molar-refractivity contribution is 6.24. The van der Waals surface area contributed by atoms with Crippen LogP contribution in [0.15, 0.2) is 12.1 Å². The van der Waals surface area contributed by atoms with Crippen molar-refractivity contribution in [2.45, 2.75) is 5.60 Å². The van der Waals surface area contributed by atoms with Crippen molar-refractivity contribution >= 4 is 23.6 Å². The molecule has 0 saturated carbocycles. The van der Waals surface area contributed by atoms with E-state index in [9.17, 15) is 14.4 Å². The maximum atomic E-state index is 12.1. The normalized spacial score (nSPS) is 23.2. The zero-order valence-corrected chi connectivity index (χ0v) is 10.6. The fourth-order valence-corrected chi connectivity index (χ4v) is 2.32. The molecule has 20 heavy (non-hydrogen) atoms. The lowest BCUT2D eigenvalue weighted by molar-refractivity contribution is -0.143. The third-order valence-corrected chi connectivity index (χ3v) is 3.25. The topological polar surface area (TPSA) is 103 Å². The number of nitrogens with one attached hydrogen (secondary N) is 2. The standard InChI is InChI=1S/C12H10N2O6/c1-18-7-3-5-6(4-8(7)19-2)13-9(15)12(5)10(16)14-11(17)20-12/h3-4H,1-2H3,(H,13,15)(H,14,16,17). The Hall–Kier alpha value is -2.77. The molecule has 1 saturated heterocycles. The third-order valence-electron chi connectivity index (χ3n) is 3.25. The summed E-state index contributed by atoms with van der Waals surface area (Å²) in [5.41, 5.74) is -1.45. The number of fused-ring (bicyclic) bond motifs is 2. The molecule has 0 radical (unpaired) electrons. The summed E-state index contributed by atoms with van der Waals surface area (Å²) in [6.07, 6.45) is -0.965. The van der Waals surface area contributed by atoms with E-state index in [-0.39, 0.29) is 5.56 Å². The zero-order valence-electron chi connectivity index (χ0n) is 10.6. The SMILES string of the molecule is COc1cc2c(cc1OC)C1(OC(=O)NC1=O)C(=O)N2. The van der Waals surface area contributed by atoms with E-state index < -0.39 is 23.5 Å². The van der Waals surface area contributed by atoms with Gasteiger partial charge < -0.3 is 19.5 Å². The van der Waals surface area contributed by atoms with E-state index >= 15 is 0 Å². The number of alkyl carbamates (subject to hydrolysis) is 1. The predicted octanol–water partition coefficient (Wildman–Crippen LogP) is 0.118. The van der Waals surface area contributed by atoms with Gasteiger partial charge in [-0.05, 0) is 6.07 Å². The van der Waals surface area contributed by atoms with Crippen LogP contribution in [-0.4, -0.2) is 32.1 Å². The molecule has 1 aromatic rings. The van der Waals surface area contributed by atoms with Gasteiger partial charge in [-0.2, -0.15) is 0 Å². The van der Waals surface area contributed by atoms with Crippen LogP contribution in [0.5, 0.6) is 11.5 Å². The maximum absolute atomic E-state index is 12.1. The molecule has 1 spiro atoms. The molecule has 0 aromatic heterocycles. The van der Waals surface area contributed by atoms with Crippen LogP contribution in [0.4, 0.5) is 10.5 Å². The smallest absolute Gasteiger partial charge is 0.415 e. The number of benzene rings is 1. The molecule has 1 atom stereocenters. The quantitative estimate of drug-likeness (QED) is 0.745. The molecule has 8 nitrogen and oxygen atoms in total. The van der Waals surface area contributed by atoms with Crippen molar-refractivity contribution in [3.63, 3.8) is 0 Å². The Morgan fingerprint density at radius 3 is 2.15 bits per heavy atom. The number of hydrogen-bond donors (Lipinski definition) is 2. The fraction of sp³-hybridized carbons (Fsp3) is 0.250. The minimum absolute atomic E-state index is 0.212. The van der Waals surface area contributed by atoms with Gasteiger partial charge in [-0.25, -0.2) is 4.79 Å². The summed E-state index contributed by atoms with van der Waals surface area (Å²) in [5, 5.41) is 4.45. The van der Waals surface area contributed by atoms with Crippen molar-refractivity contribution < 1.29 is 28.6 Å². The molecule has 0 aliphatic carbocycles. The van der Waals surface area contributed by atoms with E-state index in [4.69, 9.17) is 14.2 Å². The lowest BCUT2D eigenvalue weighted by Gasteiger charge is -2.17. The van der Waals surface area contributed by atoms with Crippen LogP contribution in [0.1, 0.15) is 5.56 Å². The Morgan fingerprint density at radius 1 is 1.00 bits per heavy atom. The monoisotopic (exact) mass is 278 g/mol. The van der Waals surface area contributed by atoms with Gasteiger partial charge in [0.05, 0.1) is 19.9 Å². The highest BCUT2D eigenvalue weighted by Gasteiger charge is 2.61. The Labute approximate surface area is 113 Å². The van der Waals surface area contributed by atoms with Gasteiger partial charge in [0.25, 0.3) is 17.4 Å². The van der Waals surface area contributed by atoms with E-state index in [0.717, 1.165) is 0 Å². The summed E-state index contributed by atoms with van der Waals surface area (Å²) < 4.78 is 15.2. The molecule has 1 unspecified atom stereocenters. The predicted molar refractivity (Wildman–Crippen MR) is 64.5 cm³/mol. The lowest BCUT2D eigenvalue weighted by Crippen LogP contribution is -2.42. The van der Waals surface area contributed by atoms with Gasteiger partial charge in [0.1, 0.15) is 0 Å². The molecule has 8 heteroatoms. The molecular formula is C12H10N2O6. The number of carbonyl (C=O) groups is 3. The van der Waals surface area contributed by atoms with E-state index in [1.807, 2.05) is 5.32 Å². The number of methoxy groups -OCH3 is 2. The molecule has 104 valence electrons. The second-order valence-corrected chi connectivity index (χ2v) is 4.23. The largest absolute Gasteiger partial charge is 0.493 e. The van der Waals surface area contributed by atoms with Gasteiger partial charge in [0.15, 0.2) is 11.5 Å². The highest BCUT2D eigenvalue weighted by atomic mass is 16.6. The minimum Gasteiger partial charge on any atom is -0.493 e. The van der Waals surface area contributed by atoms with Crippen molar-refractivity contribution in [3.05, 3.63) is 17.7 Å². The number of amides is 3. The van der Waals surface area contributed by atoms with Crippen molar-refractivity contribution in [1.29, 1.82) is 0 Å². The lowest BCUT2D eigenvalue weighted by atomic mass is 9.94. The summed E-state index contributed by atoms with van der Waals surface area (Å²) >= 11 is 0. The zero-order chi connectivity index (χ0) is 14.5. The summed E-state index contributed by atoms with van der Waals surface area (Å²) in [6, 6.07) is 2.94. The molecule has 0 bridgehead atoms. The number of ether oxygens (including phenoxy) is 3. The van der Waals surface area contributed by atoms with E-state index in [0.29, 0.717) is 17.2 Å². The Balaban J connectivity index is 2.22. The van der Waals surface area contributed by atoms with Crippen LogP contribution in [0.25, 0.3) is 0 Å². The Morgan fingerprint density at radius 2 is 1.60 bits per heavy atom. The second kappa shape index (κ2) is 3.86. The van der Waals surface area contributed by atoms with Gasteiger partial charge in [0, 0.05) is 11.6 Å². The number of anilines is 1. The van der Waals surface area contributed by atoms with E-state index in [2.05, 4.69) is 5.32 Å². The van der Waals surface area contributed by atoms with Crippen molar-refractivity contribution in [2.75, 3.05) is 19.5 Å². The molecule has 1 fully saturated rings. The van der Waals surface area contributed by atoms with Crippen molar-refractivity contribution in [1.82, 2.24) is 5.32 Å². The van der Waals surface area contributed by atoms with Gasteiger partial charge in [-0.3, -0.25) is 14.9 Å². The first-order valence-electron chi connectivity index (χ1n) is 5.65. The first-order chi connectivity index (χ1) is 9.52. The summed E-state index contributed by atoms with van der Waals surface area (Å²) in [7, 11) is 2.86. The van der Waals surface area contributed by atoms with E-state index in [1.54, 1.807) is 0 Å². The molecule has 3 rings (SSSR count). The average Bonchev–Trinajstić information content (AvgIpc) is 2.87. The van der Waals surface area contributed by atoms with Crippen LogP contribution < -0.4 is 20.1 Å². The molecule has 1 aromatic carbocycles. The molecule has 2 aliphatic heterocycles. The molecule has 2 aliphatic rings. The maximum Gasteiger partial charge on any atom is 0.415 e. The van der Waals surface area contributed by atoms with Crippen LogP contribution in [0, 0.1) is 0 Å². The second-order valence-electron chi connectivity index (χ2n) is 4.23. The molecule has 2 heterocycles. The van der Waals surface area contributed by atoms with Crippen LogP contribution in [0.3, 0.4) is 0 Å². The number of hydrogen-bond acceptors (Lipinski definition) is 6. The Kier molecular flexibility index (Phi) is 2.37. The summed E-state index contributed by atoms with van der Waals surface area (Å²) in [6.45, 7) is 0. The summed E-state index contributed by atoms with van der Waals surface area (Å²) in [4.78, 5) is 35.3. The van der Waals surface area contributed by atoms with Gasteiger partial charge >= 0.3 is 6.09 Å². The highest BCUT2D eigenvalue weighted by Crippen LogP contribution is 2.46. The van der Waals surface area contributed by atoms with Gasteiger partial charge in [-0.1, -0.05) is 0 Å². The third kappa shape index (κ3) is 1.33. The molecule has 2 N–H and O–H groups in total. The minimum atomic E-state index is -1.99. The first kappa shape index (κ1) is 12.3. The van der Waals surface area contributed by atoms with Crippen LogP contribution >= 0.6 is 0 Å². The Bertz CT molecular complexity index is 656. The number of imide groups is 1. The van der Waals surface area contributed by atoms with Crippen molar-refractivity contribution in [2.24, 2.45) is 0 Å². The first-order valence-corrected chi connectivity index (χ1v) is 5.65. The average molecular weight is 278 g/mol.